The largest absolute Gasteiger partial charge is 0.490 e. The van der Waals surface area contributed by atoms with Gasteiger partial charge in [-0.05, 0) is 90.3 Å². The molecule has 2 aromatic rings. The Balaban J connectivity index is 1.79. The lowest BCUT2D eigenvalue weighted by molar-refractivity contribution is -0.127. The number of nitrogens with one attached hydrogen (secondary N) is 1. The van der Waals surface area contributed by atoms with Gasteiger partial charge < -0.3 is 14.8 Å². The van der Waals surface area contributed by atoms with E-state index in [4.69, 9.17) is 9.47 Å². The second kappa shape index (κ2) is 10.9. The van der Waals surface area contributed by atoms with E-state index in [9.17, 15) is 14.4 Å². The van der Waals surface area contributed by atoms with Gasteiger partial charge in [0.15, 0.2) is 11.5 Å². The van der Waals surface area contributed by atoms with E-state index in [0.29, 0.717) is 40.4 Å². The molecule has 1 aliphatic rings. The number of thioether (sulfide) groups is 1. The number of para-hydroxylation sites is 1. The van der Waals surface area contributed by atoms with Gasteiger partial charge in [-0.15, -0.1) is 0 Å². The van der Waals surface area contributed by atoms with Gasteiger partial charge in [0.05, 0.1) is 22.6 Å². The second-order valence-corrected chi connectivity index (χ2v) is 9.13. The maximum atomic E-state index is 12.9. The summed E-state index contributed by atoms with van der Waals surface area (Å²) in [6.07, 6.45) is 1.61. The zero-order valence-electron chi connectivity index (χ0n) is 18.9. The summed E-state index contributed by atoms with van der Waals surface area (Å²) in [6, 6.07) is 9.21. The SMILES string of the molecule is CCOc1cc(/C=C2/SC(=O)N(CC(=O)Nc3c(C)cccc3C)C2=O)cc(Br)c1OCC. The first-order chi connectivity index (χ1) is 15.7. The van der Waals surface area contributed by atoms with Crippen LogP contribution in [0.4, 0.5) is 10.5 Å². The van der Waals surface area contributed by atoms with Gasteiger partial charge in [-0.2, -0.15) is 0 Å². The van der Waals surface area contributed by atoms with E-state index in [2.05, 4.69) is 21.2 Å². The molecule has 0 aromatic heterocycles. The molecule has 0 bridgehead atoms. The Kier molecular flexibility index (Phi) is 8.20. The highest BCUT2D eigenvalue weighted by Gasteiger charge is 2.36. The van der Waals surface area contributed by atoms with Crippen molar-refractivity contribution in [1.82, 2.24) is 4.90 Å². The molecule has 33 heavy (non-hydrogen) atoms. The van der Waals surface area contributed by atoms with Gasteiger partial charge in [0, 0.05) is 5.69 Å². The minimum Gasteiger partial charge on any atom is -0.490 e. The van der Waals surface area contributed by atoms with Crippen molar-refractivity contribution in [1.29, 1.82) is 0 Å². The zero-order chi connectivity index (χ0) is 24.1. The van der Waals surface area contributed by atoms with Crippen LogP contribution < -0.4 is 14.8 Å². The van der Waals surface area contributed by atoms with Crippen LogP contribution in [-0.2, 0) is 9.59 Å². The van der Waals surface area contributed by atoms with Gasteiger partial charge in [-0.1, -0.05) is 18.2 Å². The van der Waals surface area contributed by atoms with Gasteiger partial charge in [0.2, 0.25) is 5.91 Å². The minimum absolute atomic E-state index is 0.235. The van der Waals surface area contributed by atoms with Crippen LogP contribution >= 0.6 is 27.7 Å². The van der Waals surface area contributed by atoms with Crippen molar-refractivity contribution in [2.75, 3.05) is 25.1 Å². The Labute approximate surface area is 205 Å². The normalized spacial score (nSPS) is 14.7. The molecular formula is C24H25BrN2O5S. The number of carbonyl (C=O) groups excluding carboxylic acids is 3. The number of nitrogens with zero attached hydrogens (tertiary/aromatic N) is 1. The molecule has 0 aliphatic carbocycles. The Morgan fingerprint density at radius 2 is 1.79 bits per heavy atom. The molecule has 0 saturated carbocycles. The summed E-state index contributed by atoms with van der Waals surface area (Å²) in [5.74, 6) is 0.169. The van der Waals surface area contributed by atoms with Crippen molar-refractivity contribution in [3.8, 4) is 11.5 Å². The van der Waals surface area contributed by atoms with E-state index >= 15 is 0 Å². The summed E-state index contributed by atoms with van der Waals surface area (Å²) >= 11 is 4.28. The molecule has 0 unspecified atom stereocenters. The van der Waals surface area contributed by atoms with Crippen LogP contribution in [0.3, 0.4) is 0 Å². The number of amides is 3. The summed E-state index contributed by atoms with van der Waals surface area (Å²) in [4.78, 5) is 39.1. The molecule has 2 aromatic carbocycles. The number of benzene rings is 2. The van der Waals surface area contributed by atoms with Crippen molar-refractivity contribution in [3.63, 3.8) is 0 Å². The average Bonchev–Trinajstić information content (AvgIpc) is 3.01. The van der Waals surface area contributed by atoms with Crippen LogP contribution in [0.1, 0.15) is 30.5 Å². The van der Waals surface area contributed by atoms with Crippen molar-refractivity contribution in [2.24, 2.45) is 0 Å². The molecule has 1 aliphatic heterocycles. The smallest absolute Gasteiger partial charge is 0.294 e. The minimum atomic E-state index is -0.510. The van der Waals surface area contributed by atoms with E-state index < -0.39 is 17.1 Å². The third kappa shape index (κ3) is 5.78. The van der Waals surface area contributed by atoms with Gasteiger partial charge in [0.1, 0.15) is 6.54 Å². The number of hydrogen-bond donors (Lipinski definition) is 1. The third-order valence-electron chi connectivity index (χ3n) is 4.84. The lowest BCUT2D eigenvalue weighted by atomic mass is 10.1. The number of halogens is 1. The topological polar surface area (TPSA) is 84.9 Å². The van der Waals surface area contributed by atoms with Gasteiger partial charge in [-0.25, -0.2) is 0 Å². The maximum absolute atomic E-state index is 12.9. The van der Waals surface area contributed by atoms with E-state index in [-0.39, 0.29) is 11.4 Å². The summed E-state index contributed by atoms with van der Waals surface area (Å²) in [7, 11) is 0. The Morgan fingerprint density at radius 3 is 2.42 bits per heavy atom. The van der Waals surface area contributed by atoms with Crippen LogP contribution in [-0.4, -0.2) is 41.7 Å². The highest BCUT2D eigenvalue weighted by atomic mass is 79.9. The second-order valence-electron chi connectivity index (χ2n) is 7.28. The summed E-state index contributed by atoms with van der Waals surface area (Å²) < 4.78 is 12.0. The molecule has 3 amide bonds. The van der Waals surface area contributed by atoms with E-state index in [1.54, 1.807) is 18.2 Å². The molecule has 1 fully saturated rings. The number of hydrogen-bond acceptors (Lipinski definition) is 6. The fraction of sp³-hybridized carbons (Fsp3) is 0.292. The first-order valence-electron chi connectivity index (χ1n) is 10.5. The molecule has 9 heteroatoms. The molecule has 3 rings (SSSR count). The zero-order valence-corrected chi connectivity index (χ0v) is 21.3. The van der Waals surface area contributed by atoms with E-state index in [1.807, 2.05) is 45.9 Å². The van der Waals surface area contributed by atoms with Crippen molar-refractivity contribution in [2.45, 2.75) is 27.7 Å². The van der Waals surface area contributed by atoms with Crippen molar-refractivity contribution in [3.05, 3.63) is 56.4 Å². The maximum Gasteiger partial charge on any atom is 0.294 e. The van der Waals surface area contributed by atoms with Gasteiger partial charge in [-0.3, -0.25) is 19.3 Å². The highest BCUT2D eigenvalue weighted by molar-refractivity contribution is 9.10. The monoisotopic (exact) mass is 532 g/mol. The standard InChI is InChI=1S/C24H25BrN2O5S/c1-5-31-18-11-16(10-17(25)22(18)32-6-2)12-19-23(29)27(24(30)33-19)13-20(28)26-21-14(3)8-7-9-15(21)4/h7-12H,5-6,13H2,1-4H3,(H,26,28)/b19-12+. The first kappa shape index (κ1) is 24.9. The lowest BCUT2D eigenvalue weighted by Crippen LogP contribution is -2.36. The number of carbonyl (C=O) groups is 3. The molecular weight excluding hydrogens is 508 g/mol. The summed E-state index contributed by atoms with van der Waals surface area (Å²) in [5, 5.41) is 2.32. The Bertz CT molecular complexity index is 1110. The fourth-order valence-electron chi connectivity index (χ4n) is 3.34. The third-order valence-corrected chi connectivity index (χ3v) is 6.34. The Morgan fingerprint density at radius 1 is 1.12 bits per heavy atom. The number of imide groups is 1. The molecule has 0 radical (unpaired) electrons. The van der Waals surface area contributed by atoms with Crippen molar-refractivity contribution >= 4 is 56.5 Å². The Hall–Kier alpha value is -2.78. The van der Waals surface area contributed by atoms with Gasteiger partial charge in [0.25, 0.3) is 11.1 Å². The van der Waals surface area contributed by atoms with Crippen molar-refractivity contribution < 1.29 is 23.9 Å². The molecule has 0 spiro atoms. The predicted octanol–water partition coefficient (Wildman–Crippen LogP) is 5.54. The summed E-state index contributed by atoms with van der Waals surface area (Å²) in [6.45, 7) is 8.08. The fourth-order valence-corrected chi connectivity index (χ4v) is 4.75. The molecule has 1 saturated heterocycles. The average molecular weight is 533 g/mol. The molecule has 1 heterocycles. The molecule has 0 atom stereocenters. The van der Waals surface area contributed by atoms with Crippen LogP contribution in [0.15, 0.2) is 39.7 Å². The number of anilines is 1. The highest BCUT2D eigenvalue weighted by Crippen LogP contribution is 2.39. The molecule has 1 N–H and O–H groups in total. The molecule has 174 valence electrons. The van der Waals surface area contributed by atoms with Crippen LogP contribution in [0.25, 0.3) is 6.08 Å². The molecule has 7 nitrogen and oxygen atoms in total. The number of ether oxygens (including phenoxy) is 2. The predicted molar refractivity (Wildman–Crippen MR) is 134 cm³/mol. The van der Waals surface area contributed by atoms with Gasteiger partial charge >= 0.3 is 0 Å². The van der Waals surface area contributed by atoms with Crippen LogP contribution in [0, 0.1) is 13.8 Å². The lowest BCUT2D eigenvalue weighted by Gasteiger charge is -2.15. The first-order valence-corrected chi connectivity index (χ1v) is 12.1. The van der Waals surface area contributed by atoms with Crippen LogP contribution in [0.2, 0.25) is 0 Å². The van der Waals surface area contributed by atoms with E-state index in [1.165, 1.54) is 0 Å². The number of aryl methyl sites for hydroxylation is 2. The van der Waals surface area contributed by atoms with E-state index in [0.717, 1.165) is 27.8 Å². The quantitative estimate of drug-likeness (QED) is 0.449. The summed E-state index contributed by atoms with van der Waals surface area (Å²) in [5.41, 5.74) is 3.17. The number of rotatable bonds is 8. The van der Waals surface area contributed by atoms with Crippen LogP contribution in [0.5, 0.6) is 11.5 Å².